The molecule has 1 saturated heterocycles. The number of aliphatic hydroxyl groups excluding tert-OH is 1. The fourth-order valence-corrected chi connectivity index (χ4v) is 5.48. The summed E-state index contributed by atoms with van der Waals surface area (Å²) in [6, 6.07) is 14.2. The highest BCUT2D eigenvalue weighted by molar-refractivity contribution is 5.34. The maximum atomic E-state index is 13.4. The van der Waals surface area contributed by atoms with Crippen molar-refractivity contribution in [3.05, 3.63) is 70.8 Å². The Balaban J connectivity index is 1.38. The second-order valence-corrected chi connectivity index (χ2v) is 9.04. The Labute approximate surface area is 176 Å². The summed E-state index contributed by atoms with van der Waals surface area (Å²) in [7, 11) is 0. The average molecular weight is 418 g/mol. The van der Waals surface area contributed by atoms with Gasteiger partial charge in [0.2, 0.25) is 0 Å². The van der Waals surface area contributed by atoms with Gasteiger partial charge in [-0.15, -0.1) is 0 Å². The number of hydrogen-bond donors (Lipinski definition) is 1. The van der Waals surface area contributed by atoms with Gasteiger partial charge in [-0.3, -0.25) is 0 Å². The molecule has 30 heavy (non-hydrogen) atoms. The van der Waals surface area contributed by atoms with Crippen molar-refractivity contribution in [3.8, 4) is 0 Å². The van der Waals surface area contributed by atoms with E-state index in [4.69, 9.17) is 0 Å². The molecule has 1 aliphatic carbocycles. The van der Waals surface area contributed by atoms with Crippen LogP contribution >= 0.6 is 0 Å². The van der Waals surface area contributed by atoms with Crippen molar-refractivity contribution in [3.63, 3.8) is 0 Å². The third kappa shape index (κ3) is 4.57. The van der Waals surface area contributed by atoms with Crippen LogP contribution in [-0.4, -0.2) is 29.6 Å². The van der Waals surface area contributed by atoms with Crippen LogP contribution in [0.25, 0.3) is 0 Å². The van der Waals surface area contributed by atoms with Gasteiger partial charge < -0.3 is 10.0 Å². The molecule has 0 radical (unpaired) electrons. The molecular weight excluding hydrogens is 387 g/mol. The maximum absolute atomic E-state index is 13.4. The van der Waals surface area contributed by atoms with E-state index in [0.717, 1.165) is 50.9 Å². The van der Waals surface area contributed by atoms with Crippen LogP contribution in [0.3, 0.4) is 0 Å². The molecule has 2 nitrogen and oxygen atoms in total. The highest BCUT2D eigenvalue weighted by Gasteiger charge is 2.36. The maximum Gasteiger partial charge on any atom is 0.416 e. The van der Waals surface area contributed by atoms with E-state index in [9.17, 15) is 18.3 Å². The summed E-state index contributed by atoms with van der Waals surface area (Å²) in [5.41, 5.74) is 2.26. The molecule has 2 aromatic rings. The van der Waals surface area contributed by atoms with Crippen molar-refractivity contribution in [2.75, 3.05) is 19.6 Å². The number of piperidine rings is 1. The number of benzene rings is 2. The Morgan fingerprint density at radius 2 is 1.50 bits per heavy atom. The molecule has 1 heterocycles. The quantitative estimate of drug-likeness (QED) is 0.607. The van der Waals surface area contributed by atoms with Gasteiger partial charge in [-0.05, 0) is 79.3 Å². The first-order valence-electron chi connectivity index (χ1n) is 11.0. The monoisotopic (exact) mass is 417 g/mol. The number of hydrogen-bond acceptors (Lipinski definition) is 2. The number of alkyl halides is 3. The minimum atomic E-state index is -4.30. The largest absolute Gasteiger partial charge is 0.416 e. The highest BCUT2D eigenvalue weighted by atomic mass is 19.4. The first-order valence-corrected chi connectivity index (χ1v) is 11.0. The topological polar surface area (TPSA) is 23.5 Å². The molecule has 0 bridgehead atoms. The molecule has 2 aliphatic rings. The molecule has 0 saturated carbocycles. The van der Waals surface area contributed by atoms with E-state index in [-0.39, 0.29) is 5.92 Å². The van der Waals surface area contributed by atoms with Crippen LogP contribution in [0.15, 0.2) is 48.5 Å². The van der Waals surface area contributed by atoms with E-state index >= 15 is 0 Å². The van der Waals surface area contributed by atoms with E-state index in [2.05, 4.69) is 17.9 Å². The highest BCUT2D eigenvalue weighted by Crippen LogP contribution is 2.41. The van der Waals surface area contributed by atoms with Gasteiger partial charge in [0.15, 0.2) is 0 Å². The lowest BCUT2D eigenvalue weighted by molar-refractivity contribution is -0.138. The Kier molecular flexibility index (Phi) is 6.21. The normalized spacial score (nSPS) is 26.2. The van der Waals surface area contributed by atoms with Crippen molar-refractivity contribution in [2.45, 2.75) is 56.7 Å². The van der Waals surface area contributed by atoms with Gasteiger partial charge in [-0.25, -0.2) is 0 Å². The summed E-state index contributed by atoms with van der Waals surface area (Å²) in [5.74, 6) is 0.753. The summed E-state index contributed by atoms with van der Waals surface area (Å²) in [6.45, 7) is 4.75. The Bertz CT molecular complexity index is 826. The molecule has 1 aliphatic heterocycles. The van der Waals surface area contributed by atoms with Crippen LogP contribution in [0.1, 0.15) is 72.8 Å². The molecule has 2 aromatic carbocycles. The van der Waals surface area contributed by atoms with E-state index in [1.807, 2.05) is 18.2 Å². The Morgan fingerprint density at radius 1 is 0.900 bits per heavy atom. The van der Waals surface area contributed by atoms with Crippen LogP contribution in [0.5, 0.6) is 0 Å². The van der Waals surface area contributed by atoms with E-state index in [1.54, 1.807) is 12.1 Å². The van der Waals surface area contributed by atoms with E-state index < -0.39 is 17.8 Å². The van der Waals surface area contributed by atoms with Crippen LogP contribution in [-0.2, 0) is 6.18 Å². The molecule has 3 atom stereocenters. The Hall–Kier alpha value is -1.85. The van der Waals surface area contributed by atoms with Gasteiger partial charge in [0.25, 0.3) is 0 Å². The molecule has 5 heteroatoms. The first-order chi connectivity index (χ1) is 14.3. The van der Waals surface area contributed by atoms with Crippen LogP contribution < -0.4 is 0 Å². The molecule has 0 amide bonds. The zero-order valence-electron chi connectivity index (χ0n) is 17.4. The minimum absolute atomic E-state index is 0.0398. The molecular formula is C25H30F3NO. The number of fused-ring (bicyclic) bond motifs is 1. The molecule has 1 N–H and O–H groups in total. The van der Waals surface area contributed by atoms with Gasteiger partial charge in [0, 0.05) is 6.54 Å². The lowest BCUT2D eigenvalue weighted by Gasteiger charge is -2.35. The first kappa shape index (κ1) is 21.4. The van der Waals surface area contributed by atoms with Crippen LogP contribution in [0, 0.1) is 5.92 Å². The Morgan fingerprint density at radius 3 is 2.17 bits per heavy atom. The summed E-state index contributed by atoms with van der Waals surface area (Å²) in [5, 5.41) is 10.7. The number of halogens is 3. The second-order valence-electron chi connectivity index (χ2n) is 9.04. The third-order valence-electron chi connectivity index (χ3n) is 6.94. The molecule has 0 spiro atoms. The number of rotatable bonds is 3. The zero-order valence-corrected chi connectivity index (χ0v) is 17.4. The summed E-state index contributed by atoms with van der Waals surface area (Å²) < 4.78 is 40.1. The second kappa shape index (κ2) is 8.72. The summed E-state index contributed by atoms with van der Waals surface area (Å²) in [4.78, 5) is 2.38. The lowest BCUT2D eigenvalue weighted by Crippen LogP contribution is -2.37. The van der Waals surface area contributed by atoms with Crippen molar-refractivity contribution < 1.29 is 18.3 Å². The summed E-state index contributed by atoms with van der Waals surface area (Å²) in [6.07, 6.45) is -1.46. The molecule has 162 valence electrons. The van der Waals surface area contributed by atoms with Gasteiger partial charge in [-0.2, -0.15) is 13.2 Å². The third-order valence-corrected chi connectivity index (χ3v) is 6.94. The smallest absolute Gasteiger partial charge is 0.388 e. The van der Waals surface area contributed by atoms with Gasteiger partial charge in [0.05, 0.1) is 11.7 Å². The van der Waals surface area contributed by atoms with Crippen LogP contribution in [0.2, 0.25) is 0 Å². The lowest BCUT2D eigenvalue weighted by atomic mass is 9.85. The fourth-order valence-electron chi connectivity index (χ4n) is 5.48. The predicted molar refractivity (Wildman–Crippen MR) is 112 cm³/mol. The van der Waals surface area contributed by atoms with Crippen LogP contribution in [0.4, 0.5) is 13.2 Å². The standard InChI is InChI=1S/C25H30F3NO/c1-17-14-18(15-24(30)22-8-3-2-6-20(17)22)16-29-12-10-19(11-13-29)21-7-4-5-9-23(21)25(26,27)28/h2-9,17-19,24,30H,10-16H2,1H3. The SMILES string of the molecule is CC1CC(CN2CCC(c3ccccc3C(F)(F)F)CC2)CC(O)c2ccccc21. The van der Waals surface area contributed by atoms with Gasteiger partial charge in [0.1, 0.15) is 0 Å². The van der Waals surface area contributed by atoms with E-state index in [1.165, 1.54) is 17.7 Å². The zero-order chi connectivity index (χ0) is 21.3. The summed E-state index contributed by atoms with van der Waals surface area (Å²) >= 11 is 0. The number of aliphatic hydroxyl groups is 1. The number of likely N-dealkylation sites (tertiary alicyclic amines) is 1. The van der Waals surface area contributed by atoms with Crippen molar-refractivity contribution in [2.24, 2.45) is 5.92 Å². The minimum Gasteiger partial charge on any atom is -0.388 e. The van der Waals surface area contributed by atoms with Crippen molar-refractivity contribution in [1.29, 1.82) is 0 Å². The van der Waals surface area contributed by atoms with E-state index in [0.29, 0.717) is 17.4 Å². The predicted octanol–water partition coefficient (Wildman–Crippen LogP) is 6.13. The molecule has 3 unspecified atom stereocenters. The van der Waals surface area contributed by atoms with Crippen molar-refractivity contribution >= 4 is 0 Å². The molecule has 4 rings (SSSR count). The molecule has 1 fully saturated rings. The number of nitrogens with zero attached hydrogens (tertiary/aromatic N) is 1. The molecule has 0 aromatic heterocycles. The van der Waals surface area contributed by atoms with Gasteiger partial charge in [-0.1, -0.05) is 49.4 Å². The average Bonchev–Trinajstić information content (AvgIpc) is 2.84. The van der Waals surface area contributed by atoms with Gasteiger partial charge >= 0.3 is 6.18 Å². The fraction of sp³-hybridized carbons (Fsp3) is 0.520. The van der Waals surface area contributed by atoms with Crippen molar-refractivity contribution in [1.82, 2.24) is 4.90 Å².